The van der Waals surface area contributed by atoms with Crippen LogP contribution in [-0.2, 0) is 10.0 Å². The third-order valence-corrected chi connectivity index (χ3v) is 7.91. The summed E-state index contributed by atoms with van der Waals surface area (Å²) in [5.41, 5.74) is 0. The molecule has 1 aliphatic carbocycles. The van der Waals surface area contributed by atoms with E-state index < -0.39 is 10.0 Å². The maximum absolute atomic E-state index is 12.4. The number of hydrogen-bond acceptors (Lipinski definition) is 7. The molecule has 1 aromatic heterocycles. The van der Waals surface area contributed by atoms with Crippen LogP contribution in [0.5, 0.6) is 0 Å². The van der Waals surface area contributed by atoms with E-state index in [1.54, 1.807) is 4.31 Å². The summed E-state index contributed by atoms with van der Waals surface area (Å²) in [6.07, 6.45) is 1.64. The molecule has 3 heterocycles. The number of aryl methyl sites for hydroxylation is 1. The highest BCUT2D eigenvalue weighted by atomic mass is 32.2. The first kappa shape index (κ1) is 17.9. The molecule has 0 bridgehead atoms. The Kier molecular flexibility index (Phi) is 4.79. The zero-order chi connectivity index (χ0) is 18.3. The van der Waals surface area contributed by atoms with Gasteiger partial charge in [-0.3, -0.25) is 0 Å². The number of rotatable bonds is 4. The van der Waals surface area contributed by atoms with Gasteiger partial charge in [-0.1, -0.05) is 0 Å². The molecule has 4 rings (SSSR count). The van der Waals surface area contributed by atoms with E-state index in [1.165, 1.54) is 0 Å². The SMILES string of the molecule is Cc1nc(N2CCN(C)CC2)cc(N2CCN(S(=O)(=O)C3CC3)CC2)n1. The topological polar surface area (TPSA) is 72.9 Å². The van der Waals surface area contributed by atoms with Gasteiger partial charge in [0, 0.05) is 58.4 Å². The van der Waals surface area contributed by atoms with Crippen molar-refractivity contribution in [2.75, 3.05) is 69.2 Å². The quantitative estimate of drug-likeness (QED) is 0.736. The summed E-state index contributed by atoms with van der Waals surface area (Å²) in [4.78, 5) is 16.1. The Morgan fingerprint density at radius 2 is 1.38 bits per heavy atom. The van der Waals surface area contributed by atoms with Gasteiger partial charge in [-0.25, -0.2) is 18.4 Å². The molecule has 2 aliphatic heterocycles. The molecule has 0 unspecified atom stereocenters. The van der Waals surface area contributed by atoms with Crippen LogP contribution in [0.1, 0.15) is 18.7 Å². The van der Waals surface area contributed by atoms with Crippen LogP contribution in [0.25, 0.3) is 0 Å². The number of hydrogen-bond donors (Lipinski definition) is 0. The number of piperazine rings is 2. The van der Waals surface area contributed by atoms with Crippen molar-refractivity contribution in [2.24, 2.45) is 0 Å². The molecule has 0 atom stereocenters. The second-order valence-corrected chi connectivity index (χ2v) is 9.77. The minimum Gasteiger partial charge on any atom is -0.354 e. The predicted molar refractivity (Wildman–Crippen MR) is 102 cm³/mol. The largest absolute Gasteiger partial charge is 0.354 e. The second kappa shape index (κ2) is 6.94. The third kappa shape index (κ3) is 3.65. The molecular formula is C17H28N6O2S. The summed E-state index contributed by atoms with van der Waals surface area (Å²) in [5.74, 6) is 2.66. The number of aromatic nitrogens is 2. The summed E-state index contributed by atoms with van der Waals surface area (Å²) in [6, 6.07) is 2.06. The summed E-state index contributed by atoms with van der Waals surface area (Å²) in [5, 5.41) is -0.126. The Balaban J connectivity index is 1.45. The van der Waals surface area contributed by atoms with Crippen molar-refractivity contribution in [3.8, 4) is 0 Å². The molecule has 3 fully saturated rings. The van der Waals surface area contributed by atoms with Crippen LogP contribution in [0.15, 0.2) is 6.07 Å². The molecule has 9 heteroatoms. The lowest BCUT2D eigenvalue weighted by atomic mass is 10.3. The van der Waals surface area contributed by atoms with Crippen LogP contribution in [0.2, 0.25) is 0 Å². The van der Waals surface area contributed by atoms with Gasteiger partial charge in [-0.2, -0.15) is 4.31 Å². The molecule has 3 aliphatic rings. The van der Waals surface area contributed by atoms with Gasteiger partial charge in [-0.15, -0.1) is 0 Å². The van der Waals surface area contributed by atoms with E-state index in [1.807, 2.05) is 6.92 Å². The van der Waals surface area contributed by atoms with Crippen molar-refractivity contribution in [3.05, 3.63) is 11.9 Å². The van der Waals surface area contributed by atoms with Crippen molar-refractivity contribution in [2.45, 2.75) is 25.0 Å². The fourth-order valence-corrected chi connectivity index (χ4v) is 5.47. The lowest BCUT2D eigenvalue weighted by Gasteiger charge is -2.36. The fourth-order valence-electron chi connectivity index (χ4n) is 3.64. The maximum atomic E-state index is 12.4. The monoisotopic (exact) mass is 380 g/mol. The van der Waals surface area contributed by atoms with Crippen LogP contribution in [-0.4, -0.2) is 92.2 Å². The highest BCUT2D eigenvalue weighted by molar-refractivity contribution is 7.90. The third-order valence-electron chi connectivity index (χ3n) is 5.51. The van der Waals surface area contributed by atoms with Gasteiger partial charge in [0.1, 0.15) is 17.5 Å². The van der Waals surface area contributed by atoms with Gasteiger partial charge in [-0.05, 0) is 26.8 Å². The molecule has 1 aromatic rings. The Labute approximate surface area is 155 Å². The molecule has 144 valence electrons. The molecular weight excluding hydrogens is 352 g/mol. The van der Waals surface area contributed by atoms with Gasteiger partial charge in [0.15, 0.2) is 0 Å². The molecule has 26 heavy (non-hydrogen) atoms. The van der Waals surface area contributed by atoms with Gasteiger partial charge >= 0.3 is 0 Å². The van der Waals surface area contributed by atoms with E-state index >= 15 is 0 Å². The zero-order valence-electron chi connectivity index (χ0n) is 15.6. The van der Waals surface area contributed by atoms with Crippen molar-refractivity contribution in [1.82, 2.24) is 19.2 Å². The normalized spacial score (nSPS) is 23.5. The highest BCUT2D eigenvalue weighted by Gasteiger charge is 2.41. The molecule has 0 amide bonds. The second-order valence-electron chi connectivity index (χ2n) is 7.55. The van der Waals surface area contributed by atoms with Crippen molar-refractivity contribution >= 4 is 21.7 Å². The average molecular weight is 381 g/mol. The van der Waals surface area contributed by atoms with Crippen LogP contribution >= 0.6 is 0 Å². The van der Waals surface area contributed by atoms with Crippen LogP contribution in [0.4, 0.5) is 11.6 Å². The van der Waals surface area contributed by atoms with Gasteiger partial charge in [0.2, 0.25) is 10.0 Å². The van der Waals surface area contributed by atoms with Crippen LogP contribution in [0, 0.1) is 6.92 Å². The van der Waals surface area contributed by atoms with E-state index in [4.69, 9.17) is 0 Å². The Hall–Kier alpha value is -1.45. The number of likely N-dealkylation sites (N-methyl/N-ethyl adjacent to an activating group) is 1. The van der Waals surface area contributed by atoms with Crippen molar-refractivity contribution < 1.29 is 8.42 Å². The molecule has 8 nitrogen and oxygen atoms in total. The van der Waals surface area contributed by atoms with Crippen molar-refractivity contribution in [3.63, 3.8) is 0 Å². The number of nitrogens with zero attached hydrogens (tertiary/aromatic N) is 6. The summed E-state index contributed by atoms with van der Waals surface area (Å²) in [7, 11) is -0.930. The predicted octanol–water partition coefficient (Wildman–Crippen LogP) is 0.151. The van der Waals surface area contributed by atoms with Crippen LogP contribution in [0.3, 0.4) is 0 Å². The first-order chi connectivity index (χ1) is 12.4. The first-order valence-corrected chi connectivity index (χ1v) is 11.0. The average Bonchev–Trinajstić information content (AvgIpc) is 3.48. The lowest BCUT2D eigenvalue weighted by molar-refractivity contribution is 0.312. The molecule has 2 saturated heterocycles. The fraction of sp³-hybridized carbons (Fsp3) is 0.765. The highest BCUT2D eigenvalue weighted by Crippen LogP contribution is 2.32. The number of sulfonamides is 1. The zero-order valence-corrected chi connectivity index (χ0v) is 16.5. The van der Waals surface area contributed by atoms with Crippen LogP contribution < -0.4 is 9.80 Å². The standard InChI is InChI=1S/C17H28N6O2S/c1-14-18-16(21-7-5-20(2)6-8-21)13-17(19-14)22-9-11-23(12-10-22)26(24,25)15-3-4-15/h13,15H,3-12H2,1-2H3. The van der Waals surface area contributed by atoms with E-state index in [0.717, 1.165) is 56.5 Å². The Morgan fingerprint density at radius 3 is 1.88 bits per heavy atom. The smallest absolute Gasteiger partial charge is 0.217 e. The number of anilines is 2. The minimum atomic E-state index is -3.07. The Morgan fingerprint density at radius 1 is 0.885 bits per heavy atom. The molecule has 0 radical (unpaired) electrons. The van der Waals surface area contributed by atoms with Gasteiger partial charge in [0.25, 0.3) is 0 Å². The molecule has 0 aromatic carbocycles. The molecule has 0 spiro atoms. The molecule has 0 N–H and O–H groups in total. The van der Waals surface area contributed by atoms with Crippen molar-refractivity contribution in [1.29, 1.82) is 0 Å². The summed E-state index contributed by atoms with van der Waals surface area (Å²) >= 11 is 0. The van der Waals surface area contributed by atoms with E-state index in [-0.39, 0.29) is 5.25 Å². The summed E-state index contributed by atoms with van der Waals surface area (Å²) in [6.45, 7) is 8.41. The van der Waals surface area contributed by atoms with E-state index in [9.17, 15) is 8.42 Å². The first-order valence-electron chi connectivity index (χ1n) is 9.46. The van der Waals surface area contributed by atoms with Gasteiger partial charge in [0.05, 0.1) is 5.25 Å². The van der Waals surface area contributed by atoms with E-state index in [2.05, 4.69) is 37.8 Å². The maximum Gasteiger partial charge on any atom is 0.217 e. The van der Waals surface area contributed by atoms with Gasteiger partial charge < -0.3 is 14.7 Å². The lowest BCUT2D eigenvalue weighted by Crippen LogP contribution is -2.50. The summed E-state index contributed by atoms with van der Waals surface area (Å²) < 4.78 is 26.5. The minimum absolute atomic E-state index is 0.126. The molecule has 1 saturated carbocycles. The van der Waals surface area contributed by atoms with E-state index in [0.29, 0.717) is 26.2 Å². The Bertz CT molecular complexity index is 751.